The summed E-state index contributed by atoms with van der Waals surface area (Å²) in [6.45, 7) is 4.07. The number of aromatic nitrogens is 2. The van der Waals surface area contributed by atoms with Crippen LogP contribution < -0.4 is 21.5 Å². The molecule has 7 nitrogen and oxygen atoms in total. The first-order valence-corrected chi connectivity index (χ1v) is 9.35. The highest BCUT2D eigenvalue weighted by molar-refractivity contribution is 5.88. The number of piperidine rings is 1. The first-order chi connectivity index (χ1) is 12.6. The lowest BCUT2D eigenvalue weighted by atomic mass is 9.92. The molecule has 1 aliphatic heterocycles. The van der Waals surface area contributed by atoms with E-state index in [9.17, 15) is 9.59 Å². The van der Waals surface area contributed by atoms with Crippen molar-refractivity contribution in [2.45, 2.75) is 32.2 Å². The third kappa shape index (κ3) is 3.58. The number of hydrogen-bond donors (Lipinski definition) is 4. The number of H-pyrrole nitrogens is 1. The maximum Gasteiger partial charge on any atom is 0.251 e. The second kappa shape index (κ2) is 7.07. The Morgan fingerprint density at radius 2 is 2.19 bits per heavy atom. The van der Waals surface area contributed by atoms with Crippen molar-refractivity contribution in [2.24, 2.45) is 11.8 Å². The predicted octanol–water partition coefficient (Wildman–Crippen LogP) is 1.15. The molecule has 7 heteroatoms. The Balaban J connectivity index is 1.56. The molecular formula is C19H25N5O2. The van der Waals surface area contributed by atoms with Crippen LogP contribution in [0.3, 0.4) is 0 Å². The van der Waals surface area contributed by atoms with Crippen LogP contribution in [-0.4, -0.2) is 41.6 Å². The van der Waals surface area contributed by atoms with Gasteiger partial charge < -0.3 is 20.9 Å². The predicted molar refractivity (Wildman–Crippen MR) is 101 cm³/mol. The smallest absolute Gasteiger partial charge is 0.251 e. The van der Waals surface area contributed by atoms with Gasteiger partial charge >= 0.3 is 0 Å². The van der Waals surface area contributed by atoms with Crippen molar-refractivity contribution in [1.82, 2.24) is 20.6 Å². The van der Waals surface area contributed by atoms with Gasteiger partial charge in [-0.25, -0.2) is 4.98 Å². The number of nitrogens with one attached hydrogen (secondary N) is 4. The zero-order chi connectivity index (χ0) is 18.1. The van der Waals surface area contributed by atoms with E-state index in [0.717, 1.165) is 24.9 Å². The molecule has 1 aliphatic carbocycles. The van der Waals surface area contributed by atoms with E-state index in [1.165, 1.54) is 12.8 Å². The zero-order valence-electron chi connectivity index (χ0n) is 15.0. The molecule has 4 N–H and O–H groups in total. The molecule has 2 fully saturated rings. The van der Waals surface area contributed by atoms with Crippen molar-refractivity contribution >= 4 is 22.6 Å². The summed E-state index contributed by atoms with van der Waals surface area (Å²) in [4.78, 5) is 32.0. The minimum Gasteiger partial charge on any atom is -0.365 e. The Morgan fingerprint density at radius 3 is 3.00 bits per heavy atom. The molecular weight excluding hydrogens is 330 g/mol. The number of aryl methyl sites for hydroxylation is 1. The molecule has 26 heavy (non-hydrogen) atoms. The van der Waals surface area contributed by atoms with Gasteiger partial charge in [0.15, 0.2) is 5.82 Å². The van der Waals surface area contributed by atoms with Crippen molar-refractivity contribution in [3.8, 4) is 0 Å². The van der Waals surface area contributed by atoms with Gasteiger partial charge in [0.05, 0.1) is 11.4 Å². The fourth-order valence-electron chi connectivity index (χ4n) is 3.53. The SMILES string of the molecule is Cc1cc2ccnc(N[C@@H]3CCNC[C@H]3C(=O)NCC3CC3)c2[nH]c1=O. The number of fused-ring (bicyclic) bond motifs is 1. The third-order valence-electron chi connectivity index (χ3n) is 5.35. The Morgan fingerprint density at radius 1 is 1.35 bits per heavy atom. The highest BCUT2D eigenvalue weighted by Gasteiger charge is 2.32. The largest absolute Gasteiger partial charge is 0.365 e. The second-order valence-corrected chi connectivity index (χ2v) is 7.44. The second-order valence-electron chi connectivity index (χ2n) is 7.44. The molecule has 1 saturated carbocycles. The number of amides is 1. The van der Waals surface area contributed by atoms with E-state index in [1.54, 1.807) is 13.1 Å². The van der Waals surface area contributed by atoms with E-state index >= 15 is 0 Å². The summed E-state index contributed by atoms with van der Waals surface area (Å²) in [7, 11) is 0. The minimum atomic E-state index is -0.156. The van der Waals surface area contributed by atoms with Crippen molar-refractivity contribution in [2.75, 3.05) is 25.0 Å². The lowest BCUT2D eigenvalue weighted by Crippen LogP contribution is -2.51. The van der Waals surface area contributed by atoms with Crippen molar-refractivity contribution in [3.05, 3.63) is 34.2 Å². The average Bonchev–Trinajstić information content (AvgIpc) is 3.46. The monoisotopic (exact) mass is 355 g/mol. The third-order valence-corrected chi connectivity index (χ3v) is 5.35. The number of nitrogens with zero attached hydrogens (tertiary/aromatic N) is 1. The first-order valence-electron chi connectivity index (χ1n) is 9.35. The highest BCUT2D eigenvalue weighted by atomic mass is 16.2. The number of carbonyl (C=O) groups excluding carboxylic acids is 1. The summed E-state index contributed by atoms with van der Waals surface area (Å²) >= 11 is 0. The molecule has 2 aromatic heterocycles. The zero-order valence-corrected chi connectivity index (χ0v) is 15.0. The van der Waals surface area contributed by atoms with Crippen molar-refractivity contribution in [3.63, 3.8) is 0 Å². The van der Waals surface area contributed by atoms with Crippen LogP contribution in [0.25, 0.3) is 10.9 Å². The molecule has 0 spiro atoms. The van der Waals surface area contributed by atoms with Gasteiger partial charge in [0.1, 0.15) is 0 Å². The van der Waals surface area contributed by atoms with Crippen LogP contribution in [0, 0.1) is 18.8 Å². The number of rotatable bonds is 5. The van der Waals surface area contributed by atoms with E-state index < -0.39 is 0 Å². The van der Waals surface area contributed by atoms with Crippen LogP contribution in [-0.2, 0) is 4.79 Å². The van der Waals surface area contributed by atoms with Gasteiger partial charge in [-0.2, -0.15) is 0 Å². The molecule has 2 aromatic rings. The summed E-state index contributed by atoms with van der Waals surface area (Å²) in [6.07, 6.45) is 5.00. The molecule has 2 atom stereocenters. The average molecular weight is 355 g/mol. The number of hydrogen-bond acceptors (Lipinski definition) is 5. The normalized spacial score (nSPS) is 23.0. The van der Waals surface area contributed by atoms with Gasteiger partial charge in [0, 0.05) is 36.3 Å². The Kier molecular flexibility index (Phi) is 4.63. The number of anilines is 1. The fourth-order valence-corrected chi connectivity index (χ4v) is 3.53. The number of aromatic amines is 1. The summed E-state index contributed by atoms with van der Waals surface area (Å²) in [5, 5.41) is 10.8. The Bertz CT molecular complexity index is 874. The van der Waals surface area contributed by atoms with Gasteiger partial charge in [-0.3, -0.25) is 9.59 Å². The molecule has 1 saturated heterocycles. The van der Waals surface area contributed by atoms with E-state index in [4.69, 9.17) is 0 Å². The van der Waals surface area contributed by atoms with E-state index in [2.05, 4.69) is 25.9 Å². The number of carbonyl (C=O) groups is 1. The van der Waals surface area contributed by atoms with E-state index in [1.807, 2.05) is 12.1 Å². The highest BCUT2D eigenvalue weighted by Crippen LogP contribution is 2.28. The van der Waals surface area contributed by atoms with Gasteiger partial charge in [0.2, 0.25) is 5.91 Å². The van der Waals surface area contributed by atoms with Crippen LogP contribution in [0.2, 0.25) is 0 Å². The fraction of sp³-hybridized carbons (Fsp3) is 0.526. The van der Waals surface area contributed by atoms with Crippen LogP contribution in [0.15, 0.2) is 23.1 Å². The van der Waals surface area contributed by atoms with Crippen LogP contribution in [0.1, 0.15) is 24.8 Å². The first kappa shape index (κ1) is 17.0. The van der Waals surface area contributed by atoms with Gasteiger partial charge in [0.25, 0.3) is 5.56 Å². The van der Waals surface area contributed by atoms with Gasteiger partial charge in [-0.1, -0.05) is 0 Å². The molecule has 3 heterocycles. The molecule has 1 amide bonds. The molecule has 0 unspecified atom stereocenters. The van der Waals surface area contributed by atoms with Gasteiger partial charge in [-0.15, -0.1) is 0 Å². The maximum atomic E-state index is 12.6. The molecule has 2 aliphatic rings. The molecule has 0 aromatic carbocycles. The summed E-state index contributed by atoms with van der Waals surface area (Å²) in [5.74, 6) is 1.23. The van der Waals surface area contributed by atoms with Gasteiger partial charge in [-0.05, 0) is 50.8 Å². The van der Waals surface area contributed by atoms with Crippen molar-refractivity contribution in [1.29, 1.82) is 0 Å². The molecule has 138 valence electrons. The van der Waals surface area contributed by atoms with Crippen LogP contribution >= 0.6 is 0 Å². The summed E-state index contributed by atoms with van der Waals surface area (Å²) in [5.41, 5.74) is 1.25. The van der Waals surface area contributed by atoms with Crippen LogP contribution in [0.5, 0.6) is 0 Å². The Hall–Kier alpha value is -2.41. The number of pyridine rings is 2. The summed E-state index contributed by atoms with van der Waals surface area (Å²) < 4.78 is 0. The quantitative estimate of drug-likeness (QED) is 0.645. The maximum absolute atomic E-state index is 12.6. The standard InChI is InChI=1S/C19H25N5O2/c1-11-8-13-4-7-21-17(16(13)24-18(11)25)23-15-5-6-20-10-14(15)19(26)22-9-12-2-3-12/h4,7-8,12,14-15,20H,2-3,5-6,9-10H2,1H3,(H,21,23)(H,22,26)(H,24,25)/t14-,15-/m1/s1. The summed E-state index contributed by atoms with van der Waals surface area (Å²) in [6, 6.07) is 3.73. The molecule has 0 bridgehead atoms. The topological polar surface area (TPSA) is 98.9 Å². The molecule has 4 rings (SSSR count). The van der Waals surface area contributed by atoms with Crippen molar-refractivity contribution < 1.29 is 4.79 Å². The lowest BCUT2D eigenvalue weighted by molar-refractivity contribution is -0.125. The Labute approximate surface area is 152 Å². The lowest BCUT2D eigenvalue weighted by Gasteiger charge is -2.32. The van der Waals surface area contributed by atoms with E-state index in [-0.39, 0.29) is 23.4 Å². The molecule has 0 radical (unpaired) electrons. The van der Waals surface area contributed by atoms with E-state index in [0.29, 0.717) is 29.4 Å². The van der Waals surface area contributed by atoms with Crippen LogP contribution in [0.4, 0.5) is 5.82 Å². The minimum absolute atomic E-state index is 0.0154.